The largest absolute Gasteiger partial charge is 0.364 e. The molecule has 1 aromatic rings. The fourth-order valence-corrected chi connectivity index (χ4v) is 1.07. The van der Waals surface area contributed by atoms with Gasteiger partial charge in [-0.1, -0.05) is 17.7 Å². The Morgan fingerprint density at radius 1 is 1.18 bits per heavy atom. The molecule has 0 aromatic heterocycles. The van der Waals surface area contributed by atoms with E-state index in [1.165, 1.54) is 26.0 Å². The molecule has 1 rings (SSSR count). The molecule has 17 heavy (non-hydrogen) atoms. The van der Waals surface area contributed by atoms with E-state index in [0.29, 0.717) is 0 Å². The maximum atomic E-state index is 10.4. The molecule has 92 valence electrons. The number of Topliss-reactive ketones (excluding diaryl/α,β-unsaturated/α-hetero) is 1. The number of para-hydroxylation sites is 1. The predicted molar refractivity (Wildman–Crippen MR) is 61.1 cm³/mol. The van der Waals surface area contributed by atoms with Crippen molar-refractivity contribution in [3.05, 3.63) is 43.5 Å². The molecule has 0 aliphatic carbocycles. The highest BCUT2D eigenvalue weighted by atomic mass is 35.5. The average Bonchev–Trinajstić information content (AvgIpc) is 2.15. The molecular weight excluding hydrogens is 252 g/mol. The predicted octanol–water partition coefficient (Wildman–Crippen LogP) is 2.75. The molecular formula is C9H9ClN2O5. The van der Waals surface area contributed by atoms with E-state index < -0.39 is 21.2 Å². The maximum Gasteiger partial charge on any atom is 0.364 e. The van der Waals surface area contributed by atoms with Crippen molar-refractivity contribution in [1.29, 1.82) is 0 Å². The molecule has 0 aliphatic heterocycles. The molecule has 0 saturated heterocycles. The second-order valence-electron chi connectivity index (χ2n) is 3.03. The molecule has 0 radical (unpaired) electrons. The summed E-state index contributed by atoms with van der Waals surface area (Å²) in [5.41, 5.74) is -1.27. The topological polar surface area (TPSA) is 103 Å². The Morgan fingerprint density at radius 3 is 1.94 bits per heavy atom. The van der Waals surface area contributed by atoms with Gasteiger partial charge in [0.05, 0.1) is 9.85 Å². The van der Waals surface area contributed by atoms with Crippen LogP contribution in [0.25, 0.3) is 0 Å². The molecule has 0 atom stereocenters. The molecule has 1 aromatic carbocycles. The van der Waals surface area contributed by atoms with Crippen LogP contribution in [0.5, 0.6) is 0 Å². The second kappa shape index (κ2) is 6.54. The third-order valence-corrected chi connectivity index (χ3v) is 1.65. The monoisotopic (exact) mass is 260 g/mol. The van der Waals surface area contributed by atoms with Crippen molar-refractivity contribution in [2.75, 3.05) is 0 Å². The maximum absolute atomic E-state index is 10.4. The first-order chi connectivity index (χ1) is 7.77. The molecule has 8 heteroatoms. The molecule has 0 saturated carbocycles. The van der Waals surface area contributed by atoms with Gasteiger partial charge in [0.15, 0.2) is 0 Å². The van der Waals surface area contributed by atoms with Crippen LogP contribution in [-0.2, 0) is 4.79 Å². The number of nitro benzene ring substituents is 2. The number of hydrogen-bond acceptors (Lipinski definition) is 5. The minimum Gasteiger partial charge on any atom is -0.300 e. The first kappa shape index (κ1) is 15.0. The number of nitro groups is 2. The van der Waals surface area contributed by atoms with Crippen molar-refractivity contribution in [1.82, 2.24) is 0 Å². The number of rotatable bonds is 2. The number of carbonyl (C=O) groups excluding carboxylic acids is 1. The summed E-state index contributed by atoms with van der Waals surface area (Å²) in [4.78, 5) is 28.4. The van der Waals surface area contributed by atoms with Crippen LogP contribution in [0.4, 0.5) is 11.4 Å². The summed E-state index contributed by atoms with van der Waals surface area (Å²) in [6.07, 6.45) is 0. The summed E-state index contributed by atoms with van der Waals surface area (Å²) in [5, 5.41) is 20.4. The first-order valence-electron chi connectivity index (χ1n) is 4.31. The van der Waals surface area contributed by atoms with E-state index in [1.807, 2.05) is 0 Å². The smallest absolute Gasteiger partial charge is 0.300 e. The van der Waals surface area contributed by atoms with E-state index in [-0.39, 0.29) is 10.8 Å². The fourth-order valence-electron chi connectivity index (χ4n) is 0.832. The summed E-state index contributed by atoms with van der Waals surface area (Å²) >= 11 is 5.42. The number of ketones is 1. The van der Waals surface area contributed by atoms with Crippen molar-refractivity contribution in [3.63, 3.8) is 0 Å². The Morgan fingerprint density at radius 2 is 1.65 bits per heavy atom. The van der Waals surface area contributed by atoms with Crippen molar-refractivity contribution in [2.24, 2.45) is 0 Å². The van der Waals surface area contributed by atoms with Gasteiger partial charge in [0, 0.05) is 6.07 Å². The standard InChI is InChI=1S/C6H3ClN2O4.C3H6O/c7-4-2-1-3-5(8(10)11)6(4)9(12)13;1-3(2)4/h1-3H;1-2H3. The van der Waals surface area contributed by atoms with Crippen LogP contribution in [0.3, 0.4) is 0 Å². The van der Waals surface area contributed by atoms with Crippen LogP contribution in [0.2, 0.25) is 5.02 Å². The minimum atomic E-state index is -0.875. The van der Waals surface area contributed by atoms with E-state index in [9.17, 15) is 25.0 Å². The zero-order valence-corrected chi connectivity index (χ0v) is 9.80. The Bertz CT molecular complexity index is 457. The summed E-state index contributed by atoms with van der Waals surface area (Å²) in [5.74, 6) is 0.167. The van der Waals surface area contributed by atoms with Crippen LogP contribution in [-0.4, -0.2) is 15.6 Å². The minimum absolute atomic E-state index is 0.167. The number of hydrogen-bond donors (Lipinski definition) is 0. The van der Waals surface area contributed by atoms with E-state index in [0.717, 1.165) is 6.07 Å². The lowest BCUT2D eigenvalue weighted by molar-refractivity contribution is -0.422. The summed E-state index contributed by atoms with van der Waals surface area (Å²) in [6, 6.07) is 3.55. The van der Waals surface area contributed by atoms with Crippen molar-refractivity contribution in [3.8, 4) is 0 Å². The van der Waals surface area contributed by atoms with Gasteiger partial charge in [-0.3, -0.25) is 20.2 Å². The fraction of sp³-hybridized carbons (Fsp3) is 0.222. The van der Waals surface area contributed by atoms with Crippen molar-refractivity contribution >= 4 is 28.8 Å². The highest BCUT2D eigenvalue weighted by Crippen LogP contribution is 2.33. The zero-order valence-electron chi connectivity index (χ0n) is 9.05. The highest BCUT2D eigenvalue weighted by molar-refractivity contribution is 6.33. The number of nitrogens with zero attached hydrogens (tertiary/aromatic N) is 2. The first-order valence-corrected chi connectivity index (χ1v) is 4.69. The normalized spacial score (nSPS) is 8.88. The summed E-state index contributed by atoms with van der Waals surface area (Å²) in [7, 11) is 0. The SMILES string of the molecule is CC(C)=O.O=[N+]([O-])c1cccc(Cl)c1[N+](=O)[O-]. The van der Waals surface area contributed by atoms with E-state index in [2.05, 4.69) is 0 Å². The zero-order chi connectivity index (χ0) is 13.6. The van der Waals surface area contributed by atoms with Crippen LogP contribution in [0.15, 0.2) is 18.2 Å². The van der Waals surface area contributed by atoms with Gasteiger partial charge in [0.2, 0.25) is 0 Å². The molecule has 0 amide bonds. The van der Waals surface area contributed by atoms with Gasteiger partial charge in [-0.05, 0) is 19.9 Å². The van der Waals surface area contributed by atoms with E-state index >= 15 is 0 Å². The second-order valence-corrected chi connectivity index (χ2v) is 3.44. The van der Waals surface area contributed by atoms with Crippen LogP contribution in [0.1, 0.15) is 13.8 Å². The molecule has 0 fully saturated rings. The van der Waals surface area contributed by atoms with Crippen molar-refractivity contribution < 1.29 is 14.6 Å². The van der Waals surface area contributed by atoms with Gasteiger partial charge < -0.3 is 4.79 Å². The van der Waals surface area contributed by atoms with E-state index in [4.69, 9.17) is 11.6 Å². The van der Waals surface area contributed by atoms with Gasteiger partial charge in [0.1, 0.15) is 10.8 Å². The Kier molecular flexibility index (Phi) is 5.76. The molecule has 0 unspecified atom stereocenters. The van der Waals surface area contributed by atoms with Gasteiger partial charge >= 0.3 is 11.4 Å². The van der Waals surface area contributed by atoms with Crippen LogP contribution >= 0.6 is 11.6 Å². The number of benzene rings is 1. The number of carbonyl (C=O) groups is 1. The molecule has 0 aliphatic rings. The summed E-state index contributed by atoms with van der Waals surface area (Å²) < 4.78 is 0. The van der Waals surface area contributed by atoms with Gasteiger partial charge in [-0.15, -0.1) is 0 Å². The number of halogens is 1. The van der Waals surface area contributed by atoms with Crippen molar-refractivity contribution in [2.45, 2.75) is 13.8 Å². The van der Waals surface area contributed by atoms with Crippen LogP contribution in [0, 0.1) is 20.2 Å². The van der Waals surface area contributed by atoms with Gasteiger partial charge in [-0.2, -0.15) is 0 Å². The Hall–Kier alpha value is -2.02. The molecule has 0 N–H and O–H groups in total. The third-order valence-electron chi connectivity index (χ3n) is 1.34. The summed E-state index contributed by atoms with van der Waals surface area (Å²) in [6.45, 7) is 3.06. The molecule has 0 spiro atoms. The van der Waals surface area contributed by atoms with E-state index in [1.54, 1.807) is 0 Å². The third kappa shape index (κ3) is 5.03. The average molecular weight is 261 g/mol. The molecule has 0 bridgehead atoms. The molecule has 7 nitrogen and oxygen atoms in total. The lowest BCUT2D eigenvalue weighted by Gasteiger charge is -1.95. The lowest BCUT2D eigenvalue weighted by Crippen LogP contribution is -1.96. The Labute approximate surface area is 101 Å². The van der Waals surface area contributed by atoms with Gasteiger partial charge in [-0.25, -0.2) is 0 Å². The quantitative estimate of drug-likeness (QED) is 0.601. The Balaban J connectivity index is 0.000000557. The lowest BCUT2D eigenvalue weighted by atomic mass is 10.3. The highest BCUT2D eigenvalue weighted by Gasteiger charge is 2.26. The molecule has 0 heterocycles. The van der Waals surface area contributed by atoms with Crippen LogP contribution < -0.4 is 0 Å². The van der Waals surface area contributed by atoms with Gasteiger partial charge in [0.25, 0.3) is 0 Å².